The van der Waals surface area contributed by atoms with Gasteiger partial charge in [0.25, 0.3) is 0 Å². The second-order valence-electron chi connectivity index (χ2n) is 1.91. The van der Waals surface area contributed by atoms with E-state index in [1.165, 1.54) is 0 Å². The molecule has 1 rings (SSSR count). The minimum absolute atomic E-state index is 0.393. The third kappa shape index (κ3) is 1.36. The lowest BCUT2D eigenvalue weighted by atomic mass is 10.3. The molecule has 1 heterocycles. The summed E-state index contributed by atoms with van der Waals surface area (Å²) in [5.74, 6) is 5.63. The number of H-pyrrole nitrogens is 1. The van der Waals surface area contributed by atoms with Gasteiger partial charge < -0.3 is 5.73 Å². The largest absolute Gasteiger partial charge is 0.320 e. The van der Waals surface area contributed by atoms with Crippen LogP contribution in [0.15, 0.2) is 6.20 Å². The van der Waals surface area contributed by atoms with E-state index in [1.54, 1.807) is 6.20 Å². The first-order valence-corrected chi connectivity index (χ1v) is 3.03. The zero-order valence-corrected chi connectivity index (χ0v) is 5.81. The van der Waals surface area contributed by atoms with Crippen LogP contribution in [0.1, 0.15) is 11.3 Å². The fourth-order valence-electron chi connectivity index (χ4n) is 0.623. The molecular weight excluding hydrogens is 126 g/mol. The molecule has 10 heavy (non-hydrogen) atoms. The summed E-state index contributed by atoms with van der Waals surface area (Å²) in [6, 6.07) is 0. The van der Waals surface area contributed by atoms with Crippen molar-refractivity contribution >= 4 is 0 Å². The van der Waals surface area contributed by atoms with Gasteiger partial charge in [0, 0.05) is 5.69 Å². The molecule has 0 aliphatic rings. The summed E-state index contributed by atoms with van der Waals surface area (Å²) in [5.41, 5.74) is 7.10. The molecule has 3 N–H and O–H groups in total. The van der Waals surface area contributed by atoms with E-state index in [0.717, 1.165) is 11.3 Å². The second kappa shape index (κ2) is 3.04. The molecule has 1 aromatic rings. The molecule has 0 bridgehead atoms. The van der Waals surface area contributed by atoms with E-state index >= 15 is 0 Å². The van der Waals surface area contributed by atoms with Crippen molar-refractivity contribution < 1.29 is 0 Å². The Balaban J connectivity index is 2.84. The second-order valence-corrected chi connectivity index (χ2v) is 1.91. The van der Waals surface area contributed by atoms with E-state index in [2.05, 4.69) is 22.0 Å². The summed E-state index contributed by atoms with van der Waals surface area (Å²) >= 11 is 0. The topological polar surface area (TPSA) is 54.7 Å². The van der Waals surface area contributed by atoms with Crippen LogP contribution >= 0.6 is 0 Å². The van der Waals surface area contributed by atoms with Gasteiger partial charge in [0.1, 0.15) is 0 Å². The molecule has 52 valence electrons. The molecule has 0 aromatic carbocycles. The zero-order valence-electron chi connectivity index (χ0n) is 5.81. The maximum atomic E-state index is 5.19. The first-order valence-electron chi connectivity index (χ1n) is 3.03. The quantitative estimate of drug-likeness (QED) is 0.493. The number of aromatic amines is 1. The molecular formula is C7H9N3. The van der Waals surface area contributed by atoms with Gasteiger partial charge in [-0.15, -0.1) is 0 Å². The SMILES string of the molecule is Cc1[nH]ncc1C#CCN. The highest BCUT2D eigenvalue weighted by atomic mass is 15.1. The minimum Gasteiger partial charge on any atom is -0.320 e. The van der Waals surface area contributed by atoms with Crippen molar-refractivity contribution in [3.05, 3.63) is 17.5 Å². The molecule has 0 spiro atoms. The molecule has 0 atom stereocenters. The number of nitrogens with one attached hydrogen (secondary N) is 1. The fraction of sp³-hybridized carbons (Fsp3) is 0.286. The van der Waals surface area contributed by atoms with Crippen molar-refractivity contribution in [1.29, 1.82) is 0 Å². The van der Waals surface area contributed by atoms with Gasteiger partial charge in [0.2, 0.25) is 0 Å². The monoisotopic (exact) mass is 135 g/mol. The molecule has 0 radical (unpaired) electrons. The number of hydrogen-bond donors (Lipinski definition) is 2. The van der Waals surface area contributed by atoms with Crippen molar-refractivity contribution in [1.82, 2.24) is 10.2 Å². The number of aryl methyl sites for hydroxylation is 1. The van der Waals surface area contributed by atoms with Crippen molar-refractivity contribution in [2.45, 2.75) is 6.92 Å². The molecule has 0 unspecified atom stereocenters. The van der Waals surface area contributed by atoms with Crippen LogP contribution in [0.3, 0.4) is 0 Å². The maximum Gasteiger partial charge on any atom is 0.0652 e. The van der Waals surface area contributed by atoms with Crippen LogP contribution in [0.4, 0.5) is 0 Å². The normalized spacial score (nSPS) is 8.60. The summed E-state index contributed by atoms with van der Waals surface area (Å²) in [6.07, 6.45) is 1.69. The van der Waals surface area contributed by atoms with Crippen LogP contribution < -0.4 is 5.73 Å². The van der Waals surface area contributed by atoms with Crippen molar-refractivity contribution in [2.75, 3.05) is 6.54 Å². The average Bonchev–Trinajstić information content (AvgIpc) is 2.31. The summed E-state index contributed by atoms with van der Waals surface area (Å²) in [4.78, 5) is 0. The van der Waals surface area contributed by atoms with Gasteiger partial charge in [0.15, 0.2) is 0 Å². The Kier molecular flexibility index (Phi) is 2.08. The minimum atomic E-state index is 0.393. The fourth-order valence-corrected chi connectivity index (χ4v) is 0.623. The van der Waals surface area contributed by atoms with Gasteiger partial charge in [-0.2, -0.15) is 5.10 Å². The third-order valence-electron chi connectivity index (χ3n) is 1.16. The van der Waals surface area contributed by atoms with Gasteiger partial charge in [-0.05, 0) is 6.92 Å². The van der Waals surface area contributed by atoms with E-state index in [-0.39, 0.29) is 0 Å². The number of nitrogens with two attached hydrogens (primary N) is 1. The van der Waals surface area contributed by atoms with Gasteiger partial charge in [-0.3, -0.25) is 5.10 Å². The van der Waals surface area contributed by atoms with E-state index in [1.807, 2.05) is 6.92 Å². The van der Waals surface area contributed by atoms with Crippen LogP contribution in [-0.4, -0.2) is 16.7 Å². The third-order valence-corrected chi connectivity index (χ3v) is 1.16. The van der Waals surface area contributed by atoms with E-state index in [9.17, 15) is 0 Å². The molecule has 0 aliphatic heterocycles. The van der Waals surface area contributed by atoms with Gasteiger partial charge in [-0.25, -0.2) is 0 Å². The Labute approximate surface area is 59.6 Å². The van der Waals surface area contributed by atoms with Crippen LogP contribution in [0.5, 0.6) is 0 Å². The first-order chi connectivity index (χ1) is 4.84. The number of rotatable bonds is 0. The van der Waals surface area contributed by atoms with Crippen molar-refractivity contribution in [3.63, 3.8) is 0 Å². The average molecular weight is 135 g/mol. The number of aromatic nitrogens is 2. The molecule has 0 saturated heterocycles. The molecule has 3 nitrogen and oxygen atoms in total. The smallest absolute Gasteiger partial charge is 0.0652 e. The summed E-state index contributed by atoms with van der Waals surface area (Å²) in [7, 11) is 0. The predicted molar refractivity (Wildman–Crippen MR) is 39.3 cm³/mol. The van der Waals surface area contributed by atoms with Crippen molar-refractivity contribution in [3.8, 4) is 11.8 Å². The van der Waals surface area contributed by atoms with E-state index < -0.39 is 0 Å². The number of nitrogens with zero attached hydrogens (tertiary/aromatic N) is 1. The van der Waals surface area contributed by atoms with Crippen molar-refractivity contribution in [2.24, 2.45) is 5.73 Å². The Hall–Kier alpha value is -1.27. The Bertz CT molecular complexity index is 264. The standard InChI is InChI=1S/C7H9N3/c1-6-7(3-2-4-8)5-9-10-6/h5H,4,8H2,1H3,(H,9,10). The lowest BCUT2D eigenvalue weighted by Gasteiger charge is -1.81. The lowest BCUT2D eigenvalue weighted by Crippen LogP contribution is -1.93. The molecule has 1 aromatic heterocycles. The first kappa shape index (κ1) is 6.84. The zero-order chi connectivity index (χ0) is 7.40. The van der Waals surface area contributed by atoms with Crippen LogP contribution in [-0.2, 0) is 0 Å². The van der Waals surface area contributed by atoms with E-state index in [0.29, 0.717) is 6.54 Å². The lowest BCUT2D eigenvalue weighted by molar-refractivity contribution is 1.05. The van der Waals surface area contributed by atoms with E-state index in [4.69, 9.17) is 5.73 Å². The molecule has 0 saturated carbocycles. The molecule has 0 aliphatic carbocycles. The molecule has 3 heteroatoms. The van der Waals surface area contributed by atoms with Crippen LogP contribution in [0.25, 0.3) is 0 Å². The Morgan fingerprint density at radius 2 is 2.60 bits per heavy atom. The van der Waals surface area contributed by atoms with Crippen LogP contribution in [0.2, 0.25) is 0 Å². The molecule has 0 amide bonds. The summed E-state index contributed by atoms with van der Waals surface area (Å²) in [5, 5.41) is 6.59. The van der Waals surface area contributed by atoms with Crippen LogP contribution in [0, 0.1) is 18.8 Å². The van der Waals surface area contributed by atoms with Gasteiger partial charge >= 0.3 is 0 Å². The summed E-state index contributed by atoms with van der Waals surface area (Å²) in [6.45, 7) is 2.32. The van der Waals surface area contributed by atoms with Gasteiger partial charge in [0.05, 0.1) is 18.3 Å². The Morgan fingerprint density at radius 3 is 3.10 bits per heavy atom. The maximum absolute atomic E-state index is 5.19. The highest BCUT2D eigenvalue weighted by Crippen LogP contribution is 1.97. The number of hydrogen-bond acceptors (Lipinski definition) is 2. The molecule has 0 fully saturated rings. The predicted octanol–water partition coefficient (Wildman–Crippen LogP) is 0.0283. The highest BCUT2D eigenvalue weighted by Gasteiger charge is 1.92. The highest BCUT2D eigenvalue weighted by molar-refractivity contribution is 5.35. The summed E-state index contributed by atoms with van der Waals surface area (Å²) < 4.78 is 0. The Morgan fingerprint density at radius 1 is 1.80 bits per heavy atom. The van der Waals surface area contributed by atoms with Gasteiger partial charge in [-0.1, -0.05) is 11.8 Å².